The lowest BCUT2D eigenvalue weighted by Gasteiger charge is -2.16. The Morgan fingerprint density at radius 1 is 1.06 bits per heavy atom. The van der Waals surface area contributed by atoms with E-state index in [9.17, 15) is 9.59 Å². The van der Waals surface area contributed by atoms with Gasteiger partial charge in [0.2, 0.25) is 0 Å². The Morgan fingerprint density at radius 2 is 1.81 bits per heavy atom. The molecular weight excluding hydrogens is 430 g/mol. The van der Waals surface area contributed by atoms with E-state index >= 15 is 0 Å². The molecule has 32 heavy (non-hydrogen) atoms. The standard InChI is InChI=1S/C23H20ClN5O3/c1-15(16-7-3-2-4-8-16)25-23(31)18-9-5-6-10-19(18)26-22(30)14-32-29-21-13-17(24)11-12-20(21)27-28-29/h2-13,15H,14H2,1H3,(H,25,31)(H,26,30)/t15-/m1/s1. The van der Waals surface area contributed by atoms with Gasteiger partial charge in [0.1, 0.15) is 11.0 Å². The number of carbonyl (C=O) groups excluding carboxylic acids is 2. The number of aromatic nitrogens is 3. The second-order valence-corrected chi connectivity index (χ2v) is 7.50. The number of hydrogen-bond donors (Lipinski definition) is 2. The molecule has 2 amide bonds. The Hall–Kier alpha value is -3.91. The minimum atomic E-state index is -0.452. The van der Waals surface area contributed by atoms with Gasteiger partial charge in [-0.1, -0.05) is 58.9 Å². The molecule has 0 aliphatic carbocycles. The average Bonchev–Trinajstić information content (AvgIpc) is 3.20. The molecular formula is C23H20ClN5O3. The summed E-state index contributed by atoms with van der Waals surface area (Å²) in [6.07, 6.45) is 0. The van der Waals surface area contributed by atoms with Crippen molar-refractivity contribution in [2.45, 2.75) is 13.0 Å². The molecule has 0 radical (unpaired) electrons. The van der Waals surface area contributed by atoms with Crippen LogP contribution in [0.1, 0.15) is 28.9 Å². The Labute approximate surface area is 189 Å². The Kier molecular flexibility index (Phi) is 6.32. The van der Waals surface area contributed by atoms with Gasteiger partial charge in [-0.15, -0.1) is 5.10 Å². The van der Waals surface area contributed by atoms with Gasteiger partial charge in [0, 0.05) is 5.02 Å². The van der Waals surface area contributed by atoms with Gasteiger partial charge < -0.3 is 15.5 Å². The Morgan fingerprint density at radius 3 is 2.62 bits per heavy atom. The van der Waals surface area contributed by atoms with Crippen molar-refractivity contribution in [1.82, 2.24) is 20.5 Å². The number of amides is 2. The van der Waals surface area contributed by atoms with E-state index in [0.29, 0.717) is 27.3 Å². The van der Waals surface area contributed by atoms with Crippen LogP contribution < -0.4 is 15.5 Å². The van der Waals surface area contributed by atoms with E-state index in [1.807, 2.05) is 37.3 Å². The summed E-state index contributed by atoms with van der Waals surface area (Å²) in [7, 11) is 0. The van der Waals surface area contributed by atoms with Crippen LogP contribution >= 0.6 is 11.6 Å². The highest BCUT2D eigenvalue weighted by atomic mass is 35.5. The van der Waals surface area contributed by atoms with E-state index in [0.717, 1.165) is 10.4 Å². The normalized spacial score (nSPS) is 11.7. The number of carbonyl (C=O) groups is 2. The first-order valence-corrected chi connectivity index (χ1v) is 10.3. The van der Waals surface area contributed by atoms with Gasteiger partial charge >= 0.3 is 0 Å². The maximum Gasteiger partial charge on any atom is 0.265 e. The van der Waals surface area contributed by atoms with Crippen LogP contribution in [-0.4, -0.2) is 33.6 Å². The molecule has 1 atom stereocenters. The summed E-state index contributed by atoms with van der Waals surface area (Å²) in [5.41, 5.74) is 2.84. The molecule has 4 aromatic rings. The van der Waals surface area contributed by atoms with Crippen LogP contribution in [0.25, 0.3) is 11.0 Å². The van der Waals surface area contributed by atoms with Gasteiger partial charge in [-0.3, -0.25) is 9.59 Å². The van der Waals surface area contributed by atoms with Crippen molar-refractivity contribution in [1.29, 1.82) is 0 Å². The van der Waals surface area contributed by atoms with Gasteiger partial charge in [0.25, 0.3) is 11.8 Å². The van der Waals surface area contributed by atoms with Gasteiger partial charge in [-0.2, -0.15) is 0 Å². The van der Waals surface area contributed by atoms with E-state index in [1.54, 1.807) is 42.5 Å². The molecule has 8 nitrogen and oxygen atoms in total. The highest BCUT2D eigenvalue weighted by Crippen LogP contribution is 2.19. The first-order chi connectivity index (χ1) is 15.5. The minimum Gasteiger partial charge on any atom is -0.385 e. The number of benzene rings is 3. The molecule has 0 spiro atoms. The molecule has 1 aromatic heterocycles. The van der Waals surface area contributed by atoms with E-state index in [1.165, 1.54) is 0 Å². The van der Waals surface area contributed by atoms with Gasteiger partial charge in [0.05, 0.1) is 17.3 Å². The first-order valence-electron chi connectivity index (χ1n) is 9.90. The molecule has 0 aliphatic rings. The van der Waals surface area contributed by atoms with Crippen molar-refractivity contribution >= 4 is 40.1 Å². The van der Waals surface area contributed by atoms with E-state index in [2.05, 4.69) is 20.9 Å². The molecule has 0 saturated heterocycles. The lowest BCUT2D eigenvalue weighted by Crippen LogP contribution is -2.29. The van der Waals surface area contributed by atoms with Crippen LogP contribution in [0, 0.1) is 0 Å². The quantitative estimate of drug-likeness (QED) is 0.449. The molecule has 0 fully saturated rings. The summed E-state index contributed by atoms with van der Waals surface area (Å²) in [6.45, 7) is 1.57. The summed E-state index contributed by atoms with van der Waals surface area (Å²) in [5.74, 6) is -0.748. The topological polar surface area (TPSA) is 98.1 Å². The second kappa shape index (κ2) is 9.49. The Bertz CT molecular complexity index is 1260. The molecule has 0 bridgehead atoms. The number of hydrogen-bond acceptors (Lipinski definition) is 5. The minimum absolute atomic E-state index is 0.191. The summed E-state index contributed by atoms with van der Waals surface area (Å²) >= 11 is 6.00. The molecule has 4 rings (SSSR count). The largest absolute Gasteiger partial charge is 0.385 e. The molecule has 2 N–H and O–H groups in total. The number of rotatable bonds is 7. The summed E-state index contributed by atoms with van der Waals surface area (Å²) in [6, 6.07) is 21.3. The lowest BCUT2D eigenvalue weighted by atomic mass is 10.1. The molecule has 0 aliphatic heterocycles. The van der Waals surface area contributed by atoms with Crippen LogP contribution in [-0.2, 0) is 4.79 Å². The van der Waals surface area contributed by atoms with E-state index in [4.69, 9.17) is 16.4 Å². The van der Waals surface area contributed by atoms with E-state index < -0.39 is 5.91 Å². The number of para-hydroxylation sites is 1. The number of halogens is 1. The first kappa shape index (κ1) is 21.3. The summed E-state index contributed by atoms with van der Waals surface area (Å²) in [4.78, 5) is 31.9. The number of anilines is 1. The highest BCUT2D eigenvalue weighted by molar-refractivity contribution is 6.31. The fraction of sp³-hybridized carbons (Fsp3) is 0.130. The third kappa shape index (κ3) is 4.87. The zero-order valence-electron chi connectivity index (χ0n) is 17.2. The number of fused-ring (bicyclic) bond motifs is 1. The maximum atomic E-state index is 12.8. The third-order valence-electron chi connectivity index (χ3n) is 4.79. The van der Waals surface area contributed by atoms with Crippen LogP contribution in [0.5, 0.6) is 0 Å². The SMILES string of the molecule is C[C@@H](NC(=O)c1ccccc1NC(=O)COn1nnc2ccc(Cl)cc21)c1ccccc1. The van der Waals surface area contributed by atoms with Crippen molar-refractivity contribution in [2.75, 3.05) is 11.9 Å². The van der Waals surface area contributed by atoms with Gasteiger partial charge in [-0.05, 0) is 48.0 Å². The summed E-state index contributed by atoms with van der Waals surface area (Å²) in [5, 5.41) is 14.0. The Balaban J connectivity index is 1.41. The molecule has 9 heteroatoms. The zero-order chi connectivity index (χ0) is 22.5. The highest BCUT2D eigenvalue weighted by Gasteiger charge is 2.16. The summed E-state index contributed by atoms with van der Waals surface area (Å²) < 4.78 is 0. The molecule has 1 heterocycles. The van der Waals surface area contributed by atoms with Crippen LogP contribution in [0.2, 0.25) is 5.02 Å². The van der Waals surface area contributed by atoms with Crippen LogP contribution in [0.4, 0.5) is 5.69 Å². The van der Waals surface area contributed by atoms with E-state index in [-0.39, 0.29) is 18.6 Å². The molecule has 0 unspecified atom stereocenters. The smallest absolute Gasteiger partial charge is 0.265 e. The maximum absolute atomic E-state index is 12.8. The second-order valence-electron chi connectivity index (χ2n) is 7.07. The molecule has 0 saturated carbocycles. The van der Waals surface area contributed by atoms with Crippen LogP contribution in [0.3, 0.4) is 0 Å². The third-order valence-corrected chi connectivity index (χ3v) is 5.02. The van der Waals surface area contributed by atoms with Gasteiger partial charge in [0.15, 0.2) is 6.61 Å². The van der Waals surface area contributed by atoms with Crippen molar-refractivity contribution < 1.29 is 14.4 Å². The predicted molar refractivity (Wildman–Crippen MR) is 121 cm³/mol. The predicted octanol–water partition coefficient (Wildman–Crippen LogP) is 3.64. The zero-order valence-corrected chi connectivity index (χ0v) is 17.9. The molecule has 3 aromatic carbocycles. The monoisotopic (exact) mass is 449 g/mol. The average molecular weight is 450 g/mol. The fourth-order valence-corrected chi connectivity index (χ4v) is 3.33. The van der Waals surface area contributed by atoms with Crippen molar-refractivity contribution in [2.24, 2.45) is 0 Å². The number of nitrogens with zero attached hydrogens (tertiary/aromatic N) is 3. The van der Waals surface area contributed by atoms with Crippen molar-refractivity contribution in [3.63, 3.8) is 0 Å². The lowest BCUT2D eigenvalue weighted by molar-refractivity contribution is -0.121. The van der Waals surface area contributed by atoms with Crippen LogP contribution in [0.15, 0.2) is 72.8 Å². The molecule has 162 valence electrons. The van der Waals surface area contributed by atoms with Crippen molar-refractivity contribution in [3.8, 4) is 0 Å². The fourth-order valence-electron chi connectivity index (χ4n) is 3.16. The number of nitrogens with one attached hydrogen (secondary N) is 2. The van der Waals surface area contributed by atoms with Crippen molar-refractivity contribution in [3.05, 3.63) is 88.9 Å². The van der Waals surface area contributed by atoms with Gasteiger partial charge in [-0.25, -0.2) is 0 Å².